The first kappa shape index (κ1) is 18.6. The first-order valence-electron chi connectivity index (χ1n) is 7.31. The van der Waals surface area contributed by atoms with Crippen LogP contribution in [0.5, 0.6) is 0 Å². The second-order valence-electron chi connectivity index (χ2n) is 5.50. The molecule has 1 aromatic rings. The summed E-state index contributed by atoms with van der Waals surface area (Å²) >= 11 is 1.48. The fourth-order valence-electron chi connectivity index (χ4n) is 1.92. The zero-order valence-corrected chi connectivity index (χ0v) is 15.0. The van der Waals surface area contributed by atoms with Crippen molar-refractivity contribution < 1.29 is 8.42 Å². The van der Waals surface area contributed by atoms with Crippen LogP contribution < -0.4 is 10.0 Å². The number of nitrogens with zero attached hydrogens (tertiary/aromatic N) is 1. The second kappa shape index (κ2) is 8.85. The van der Waals surface area contributed by atoms with Crippen molar-refractivity contribution in [2.45, 2.75) is 44.2 Å². The molecule has 1 atom stereocenters. The zero-order valence-electron chi connectivity index (χ0n) is 13.3. The van der Waals surface area contributed by atoms with Crippen molar-refractivity contribution in [1.29, 1.82) is 0 Å². The molecule has 1 unspecified atom stereocenters. The van der Waals surface area contributed by atoms with E-state index in [9.17, 15) is 8.42 Å². The van der Waals surface area contributed by atoms with Crippen molar-refractivity contribution in [2.24, 2.45) is 0 Å². The van der Waals surface area contributed by atoms with Crippen molar-refractivity contribution in [2.75, 3.05) is 27.2 Å². The van der Waals surface area contributed by atoms with Crippen LogP contribution in [0.25, 0.3) is 0 Å². The van der Waals surface area contributed by atoms with Gasteiger partial charge in [-0.2, -0.15) is 0 Å². The van der Waals surface area contributed by atoms with Crippen molar-refractivity contribution in [1.82, 2.24) is 14.9 Å². The van der Waals surface area contributed by atoms with E-state index < -0.39 is 10.0 Å². The van der Waals surface area contributed by atoms with E-state index in [2.05, 4.69) is 21.9 Å². The maximum absolute atomic E-state index is 12.5. The summed E-state index contributed by atoms with van der Waals surface area (Å²) < 4.78 is 27.7. The largest absolute Gasteiger partial charge is 0.312 e. The first-order chi connectivity index (χ1) is 9.86. The molecule has 0 aliphatic heterocycles. The molecule has 2 N–H and O–H groups in total. The molecule has 1 heterocycles. The molecule has 0 radical (unpaired) electrons. The summed E-state index contributed by atoms with van der Waals surface area (Å²) in [6.45, 7) is 6.35. The Bertz CT molecular complexity index is 512. The van der Waals surface area contributed by atoms with Gasteiger partial charge in [0.25, 0.3) is 0 Å². The predicted molar refractivity (Wildman–Crippen MR) is 89.3 cm³/mol. The Balaban J connectivity index is 2.67. The highest BCUT2D eigenvalue weighted by Gasteiger charge is 2.21. The fraction of sp³-hybridized carbons (Fsp3) is 0.714. The lowest BCUT2D eigenvalue weighted by atomic mass is 10.2. The Morgan fingerprint density at radius 2 is 2.10 bits per heavy atom. The summed E-state index contributed by atoms with van der Waals surface area (Å²) in [6, 6.07) is 1.61. The van der Waals surface area contributed by atoms with Crippen molar-refractivity contribution >= 4 is 21.4 Å². The summed E-state index contributed by atoms with van der Waals surface area (Å²) in [6.07, 6.45) is 1.83. The van der Waals surface area contributed by atoms with Gasteiger partial charge in [0.2, 0.25) is 10.0 Å². The highest BCUT2D eigenvalue weighted by molar-refractivity contribution is 7.89. The predicted octanol–water partition coefficient (Wildman–Crippen LogP) is 1.87. The van der Waals surface area contributed by atoms with Crippen molar-refractivity contribution in [3.8, 4) is 0 Å². The van der Waals surface area contributed by atoms with Gasteiger partial charge < -0.3 is 10.2 Å². The van der Waals surface area contributed by atoms with E-state index >= 15 is 0 Å². The number of rotatable bonds is 10. The van der Waals surface area contributed by atoms with Crippen LogP contribution in [0.4, 0.5) is 0 Å². The van der Waals surface area contributed by atoms with Gasteiger partial charge in [0.1, 0.15) is 0 Å². The van der Waals surface area contributed by atoms with Crippen molar-refractivity contribution in [3.05, 3.63) is 16.3 Å². The topological polar surface area (TPSA) is 61.4 Å². The molecule has 1 aromatic heterocycles. The third kappa shape index (κ3) is 6.44. The van der Waals surface area contributed by atoms with Crippen molar-refractivity contribution in [3.63, 3.8) is 0 Å². The van der Waals surface area contributed by atoms with Crippen LogP contribution in [0.15, 0.2) is 16.3 Å². The van der Waals surface area contributed by atoms with E-state index in [1.807, 2.05) is 26.4 Å². The van der Waals surface area contributed by atoms with Gasteiger partial charge in [0.05, 0.1) is 4.90 Å². The molecule has 0 spiro atoms. The number of hydrogen-bond acceptors (Lipinski definition) is 5. The third-order valence-electron chi connectivity index (χ3n) is 3.07. The van der Waals surface area contributed by atoms with Gasteiger partial charge in [0.15, 0.2) is 0 Å². The molecule has 1 rings (SSSR count). The Morgan fingerprint density at radius 1 is 1.38 bits per heavy atom. The average molecular weight is 334 g/mol. The number of sulfonamides is 1. The summed E-state index contributed by atoms with van der Waals surface area (Å²) in [5.74, 6) is 0. The molecule has 0 aliphatic rings. The molecular formula is C14H27N3O2S2. The Kier molecular flexibility index (Phi) is 7.83. The second-order valence-corrected chi connectivity index (χ2v) is 8.18. The summed E-state index contributed by atoms with van der Waals surface area (Å²) in [5, 5.41) is 5.09. The van der Waals surface area contributed by atoms with Crippen LogP contribution in [-0.2, 0) is 16.6 Å². The van der Waals surface area contributed by atoms with E-state index in [1.165, 1.54) is 11.3 Å². The van der Waals surface area contributed by atoms with Crippen LogP contribution in [0.2, 0.25) is 0 Å². The highest BCUT2D eigenvalue weighted by Crippen LogP contribution is 2.22. The molecule has 0 aliphatic carbocycles. The lowest BCUT2D eigenvalue weighted by molar-refractivity contribution is 0.379. The summed E-state index contributed by atoms with van der Waals surface area (Å²) in [7, 11) is 0.537. The SMILES string of the molecule is CCCNCc1sccc1S(=O)(=O)NC(C)CCN(C)C. The number of thiophene rings is 1. The fourth-order valence-corrected chi connectivity index (χ4v) is 4.61. The molecule has 5 nitrogen and oxygen atoms in total. The van der Waals surface area contributed by atoms with Gasteiger partial charge >= 0.3 is 0 Å². The Labute approximate surface area is 132 Å². The van der Waals surface area contributed by atoms with E-state index in [0.29, 0.717) is 11.4 Å². The van der Waals surface area contributed by atoms with Crippen LogP contribution >= 0.6 is 11.3 Å². The van der Waals surface area contributed by atoms with Gasteiger partial charge in [-0.1, -0.05) is 6.92 Å². The minimum Gasteiger partial charge on any atom is -0.312 e. The summed E-state index contributed by atoms with van der Waals surface area (Å²) in [4.78, 5) is 3.33. The molecule has 122 valence electrons. The molecular weight excluding hydrogens is 306 g/mol. The van der Waals surface area contributed by atoms with Gasteiger partial charge in [-0.15, -0.1) is 11.3 Å². The Hall–Kier alpha value is -0.470. The van der Waals surface area contributed by atoms with Gasteiger partial charge in [-0.05, 0) is 58.4 Å². The van der Waals surface area contributed by atoms with E-state index in [4.69, 9.17) is 0 Å². The maximum atomic E-state index is 12.5. The van der Waals surface area contributed by atoms with E-state index in [0.717, 1.165) is 30.8 Å². The maximum Gasteiger partial charge on any atom is 0.241 e. The zero-order chi connectivity index (χ0) is 15.9. The standard InChI is InChI=1S/C14H27N3O2S2/c1-5-8-15-11-13-14(7-10-20-13)21(18,19)16-12(2)6-9-17(3)4/h7,10,12,15-16H,5-6,8-9,11H2,1-4H3. The van der Waals surface area contributed by atoms with Gasteiger partial charge in [-0.3, -0.25) is 0 Å². The molecule has 0 aromatic carbocycles. The quantitative estimate of drug-likeness (QED) is 0.642. The molecule has 0 saturated carbocycles. The summed E-state index contributed by atoms with van der Waals surface area (Å²) in [5.41, 5.74) is 0. The van der Waals surface area contributed by atoms with Gasteiger partial charge in [-0.25, -0.2) is 13.1 Å². The smallest absolute Gasteiger partial charge is 0.241 e. The average Bonchev–Trinajstić information content (AvgIpc) is 2.85. The highest BCUT2D eigenvalue weighted by atomic mass is 32.2. The van der Waals surface area contributed by atoms with Crippen LogP contribution in [0, 0.1) is 0 Å². The van der Waals surface area contributed by atoms with Crippen LogP contribution in [0.3, 0.4) is 0 Å². The van der Waals surface area contributed by atoms with Crippen LogP contribution in [0.1, 0.15) is 31.6 Å². The van der Waals surface area contributed by atoms with Crippen LogP contribution in [-0.4, -0.2) is 46.5 Å². The molecule has 0 bridgehead atoms. The normalized spacial score (nSPS) is 13.8. The Morgan fingerprint density at radius 3 is 2.71 bits per heavy atom. The molecule has 0 saturated heterocycles. The minimum atomic E-state index is -3.43. The molecule has 0 fully saturated rings. The van der Waals surface area contributed by atoms with E-state index in [-0.39, 0.29) is 6.04 Å². The molecule has 0 amide bonds. The molecule has 21 heavy (non-hydrogen) atoms. The monoisotopic (exact) mass is 333 g/mol. The molecule has 7 heteroatoms. The first-order valence-corrected chi connectivity index (χ1v) is 9.67. The van der Waals surface area contributed by atoms with Gasteiger partial charge in [0, 0.05) is 17.5 Å². The lowest BCUT2D eigenvalue weighted by Gasteiger charge is -2.17. The number of nitrogens with one attached hydrogen (secondary N) is 2. The lowest BCUT2D eigenvalue weighted by Crippen LogP contribution is -2.35. The minimum absolute atomic E-state index is 0.0752. The third-order valence-corrected chi connectivity index (χ3v) is 5.80. The number of hydrogen-bond donors (Lipinski definition) is 2. The van der Waals surface area contributed by atoms with E-state index in [1.54, 1.807) is 6.07 Å².